The summed E-state index contributed by atoms with van der Waals surface area (Å²) in [6.45, 7) is 0. The minimum atomic E-state index is 0.639. The average Bonchev–Trinajstić information content (AvgIpc) is 2.07. The zero-order valence-electron chi connectivity index (χ0n) is 5.88. The molecule has 0 bridgehead atoms. The first kappa shape index (κ1) is 8.16. The van der Waals surface area contributed by atoms with Crippen molar-refractivity contribution < 1.29 is 4.74 Å². The number of para-hydroxylation sites is 1. The molecule has 0 spiro atoms. The maximum Gasteiger partial charge on any atom is 0.140 e. The van der Waals surface area contributed by atoms with Gasteiger partial charge < -0.3 is 4.74 Å². The summed E-state index contributed by atoms with van der Waals surface area (Å²) < 4.78 is 5.06. The summed E-state index contributed by atoms with van der Waals surface area (Å²) in [4.78, 5) is 0. The smallest absolute Gasteiger partial charge is 0.140 e. The number of benzene rings is 1. The van der Waals surface area contributed by atoms with E-state index in [1.54, 1.807) is 0 Å². The van der Waals surface area contributed by atoms with Gasteiger partial charge in [0.05, 0.1) is 5.33 Å². The lowest BCUT2D eigenvalue weighted by Gasteiger charge is -1.92. The summed E-state index contributed by atoms with van der Waals surface area (Å²) in [6.07, 6.45) is 2.55. The van der Waals surface area contributed by atoms with Gasteiger partial charge in [0.1, 0.15) is 11.9 Å². The van der Waals surface area contributed by atoms with E-state index in [-0.39, 0.29) is 0 Å². The number of rotatable bonds is 1. The van der Waals surface area contributed by atoms with Crippen LogP contribution in [-0.4, -0.2) is 5.33 Å². The van der Waals surface area contributed by atoms with E-state index in [1.165, 1.54) is 0 Å². The third-order valence-electron chi connectivity index (χ3n) is 1.05. The van der Waals surface area contributed by atoms with Crippen LogP contribution in [0.5, 0.6) is 5.75 Å². The molecule has 0 aliphatic rings. The highest BCUT2D eigenvalue weighted by molar-refractivity contribution is 9.09. The first-order valence-corrected chi connectivity index (χ1v) is 4.31. The summed E-state index contributed by atoms with van der Waals surface area (Å²) in [6, 6.07) is 9.48. The second kappa shape index (κ2) is 4.81. The molecule has 0 aliphatic heterocycles. The summed E-state index contributed by atoms with van der Waals surface area (Å²) in [5.74, 6) is 3.52. The molecule has 0 aliphatic carbocycles. The Morgan fingerprint density at radius 1 is 1.27 bits per heavy atom. The lowest BCUT2D eigenvalue weighted by Crippen LogP contribution is -1.80. The predicted molar refractivity (Wildman–Crippen MR) is 48.6 cm³/mol. The van der Waals surface area contributed by atoms with E-state index in [0.717, 1.165) is 5.75 Å². The Morgan fingerprint density at radius 3 is 2.64 bits per heavy atom. The zero-order valence-corrected chi connectivity index (χ0v) is 7.47. The Labute approximate surface area is 74.5 Å². The molecule has 1 aromatic carbocycles. The molecule has 1 aromatic rings. The van der Waals surface area contributed by atoms with E-state index < -0.39 is 0 Å². The Kier molecular flexibility index (Phi) is 3.57. The van der Waals surface area contributed by atoms with E-state index in [4.69, 9.17) is 4.74 Å². The van der Waals surface area contributed by atoms with E-state index in [9.17, 15) is 0 Å². The van der Waals surface area contributed by atoms with Gasteiger partial charge in [-0.25, -0.2) is 0 Å². The fourth-order valence-corrected chi connectivity index (χ4v) is 0.725. The van der Waals surface area contributed by atoms with Gasteiger partial charge in [-0.3, -0.25) is 0 Å². The van der Waals surface area contributed by atoms with Crippen molar-refractivity contribution in [2.75, 3.05) is 5.33 Å². The molecule has 0 saturated heterocycles. The summed E-state index contributed by atoms with van der Waals surface area (Å²) in [5, 5.41) is 0.639. The van der Waals surface area contributed by atoms with Crippen LogP contribution in [0.2, 0.25) is 0 Å². The first-order valence-electron chi connectivity index (χ1n) is 3.19. The Bertz CT molecular complexity index is 258. The van der Waals surface area contributed by atoms with Gasteiger partial charge in [-0.05, 0) is 18.1 Å². The van der Waals surface area contributed by atoms with E-state index >= 15 is 0 Å². The van der Waals surface area contributed by atoms with Crippen molar-refractivity contribution in [2.45, 2.75) is 0 Å². The molecule has 0 aromatic heterocycles. The Morgan fingerprint density at radius 2 is 2.00 bits per heavy atom. The van der Waals surface area contributed by atoms with Crippen LogP contribution in [0.15, 0.2) is 30.3 Å². The maximum absolute atomic E-state index is 5.06. The molecule has 0 saturated carbocycles. The second-order valence-electron chi connectivity index (χ2n) is 1.83. The van der Waals surface area contributed by atoms with Crippen molar-refractivity contribution in [1.82, 2.24) is 0 Å². The molecule has 11 heavy (non-hydrogen) atoms. The third-order valence-corrected chi connectivity index (χ3v) is 1.33. The van der Waals surface area contributed by atoms with Crippen LogP contribution < -0.4 is 4.74 Å². The van der Waals surface area contributed by atoms with Crippen LogP contribution in [0.4, 0.5) is 0 Å². The van der Waals surface area contributed by atoms with Gasteiger partial charge in [-0.2, -0.15) is 0 Å². The fraction of sp³-hybridized carbons (Fsp3) is 0.111. The van der Waals surface area contributed by atoms with Crippen LogP contribution in [0.25, 0.3) is 0 Å². The van der Waals surface area contributed by atoms with Crippen molar-refractivity contribution >= 4 is 15.9 Å². The SMILES string of the molecule is BrCC#COc1ccccc1. The molecule has 0 N–H and O–H groups in total. The van der Waals surface area contributed by atoms with Crippen LogP contribution in [0.1, 0.15) is 0 Å². The van der Waals surface area contributed by atoms with Crippen molar-refractivity contribution in [1.29, 1.82) is 0 Å². The van der Waals surface area contributed by atoms with Gasteiger partial charge in [0.15, 0.2) is 0 Å². The quantitative estimate of drug-likeness (QED) is 0.512. The van der Waals surface area contributed by atoms with Crippen molar-refractivity contribution in [2.24, 2.45) is 0 Å². The van der Waals surface area contributed by atoms with Crippen LogP contribution in [-0.2, 0) is 0 Å². The predicted octanol–water partition coefficient (Wildman–Crippen LogP) is 2.42. The van der Waals surface area contributed by atoms with Gasteiger partial charge in [0.25, 0.3) is 0 Å². The summed E-state index contributed by atoms with van der Waals surface area (Å²) in [7, 11) is 0. The minimum Gasteiger partial charge on any atom is -0.408 e. The van der Waals surface area contributed by atoms with Crippen LogP contribution >= 0.6 is 15.9 Å². The lowest BCUT2D eigenvalue weighted by molar-refractivity contribution is 0.519. The third kappa shape index (κ3) is 3.10. The number of hydrogen-bond donors (Lipinski definition) is 0. The molecule has 2 heteroatoms. The largest absolute Gasteiger partial charge is 0.408 e. The molecule has 1 nitrogen and oxygen atoms in total. The van der Waals surface area contributed by atoms with E-state index in [2.05, 4.69) is 28.0 Å². The fourth-order valence-electron chi connectivity index (χ4n) is 0.611. The van der Waals surface area contributed by atoms with Crippen molar-refractivity contribution in [3.05, 3.63) is 30.3 Å². The first-order chi connectivity index (χ1) is 5.43. The summed E-state index contributed by atoms with van der Waals surface area (Å²) >= 11 is 3.17. The zero-order chi connectivity index (χ0) is 7.94. The number of hydrogen-bond acceptors (Lipinski definition) is 1. The molecule has 0 radical (unpaired) electrons. The lowest BCUT2D eigenvalue weighted by atomic mass is 10.3. The molecule has 56 valence electrons. The molecule has 0 heterocycles. The van der Waals surface area contributed by atoms with Gasteiger partial charge in [-0.15, -0.1) is 0 Å². The molecular weight excluding hydrogens is 204 g/mol. The molecular formula is C9H7BrO. The summed E-state index contributed by atoms with van der Waals surface area (Å²) in [5.41, 5.74) is 0. The Hall–Kier alpha value is -0.940. The highest BCUT2D eigenvalue weighted by Gasteiger charge is 1.84. The van der Waals surface area contributed by atoms with Crippen LogP contribution in [0, 0.1) is 12.0 Å². The van der Waals surface area contributed by atoms with Crippen molar-refractivity contribution in [3.63, 3.8) is 0 Å². The van der Waals surface area contributed by atoms with E-state index in [1.807, 2.05) is 30.3 Å². The topological polar surface area (TPSA) is 9.23 Å². The molecule has 0 fully saturated rings. The highest BCUT2D eigenvalue weighted by atomic mass is 79.9. The van der Waals surface area contributed by atoms with Gasteiger partial charge >= 0.3 is 0 Å². The number of ether oxygens (including phenoxy) is 1. The van der Waals surface area contributed by atoms with E-state index in [0.29, 0.717) is 5.33 Å². The average molecular weight is 211 g/mol. The van der Waals surface area contributed by atoms with Crippen molar-refractivity contribution in [3.8, 4) is 17.8 Å². The minimum absolute atomic E-state index is 0.639. The number of halogens is 1. The number of alkyl halides is 1. The standard InChI is InChI=1S/C9H7BrO/c10-7-4-8-11-9-5-2-1-3-6-9/h1-3,5-6H,7H2. The van der Waals surface area contributed by atoms with Gasteiger partial charge in [0, 0.05) is 0 Å². The van der Waals surface area contributed by atoms with Crippen LogP contribution in [0.3, 0.4) is 0 Å². The Balaban J connectivity index is 2.52. The molecule has 1 rings (SSSR count). The normalized spacial score (nSPS) is 8.09. The maximum atomic E-state index is 5.06. The molecule has 0 amide bonds. The molecule has 0 unspecified atom stereocenters. The van der Waals surface area contributed by atoms with Gasteiger partial charge in [0.2, 0.25) is 0 Å². The monoisotopic (exact) mass is 210 g/mol. The van der Waals surface area contributed by atoms with Gasteiger partial charge in [-0.1, -0.05) is 34.1 Å². The molecule has 0 atom stereocenters. The highest BCUT2D eigenvalue weighted by Crippen LogP contribution is 2.06. The second-order valence-corrected chi connectivity index (χ2v) is 2.39.